The lowest BCUT2D eigenvalue weighted by atomic mass is 10.2. The van der Waals surface area contributed by atoms with Crippen LogP contribution in [0.3, 0.4) is 0 Å². The molecule has 0 aliphatic rings. The summed E-state index contributed by atoms with van der Waals surface area (Å²) in [5.41, 5.74) is 6.94. The Kier molecular flexibility index (Phi) is 5.69. The predicted octanol–water partition coefficient (Wildman–Crippen LogP) is 3.63. The van der Waals surface area contributed by atoms with Gasteiger partial charge in [0.05, 0.1) is 6.54 Å². The highest BCUT2D eigenvalue weighted by atomic mass is 16.5. The van der Waals surface area contributed by atoms with Crippen LogP contribution in [0.15, 0.2) is 78.9 Å². The lowest BCUT2D eigenvalue weighted by Crippen LogP contribution is -2.22. The molecule has 27 heavy (non-hydrogen) atoms. The van der Waals surface area contributed by atoms with Gasteiger partial charge in [0, 0.05) is 16.9 Å². The molecule has 0 bridgehead atoms. The van der Waals surface area contributed by atoms with E-state index in [1.54, 1.807) is 48.5 Å². The van der Waals surface area contributed by atoms with Crippen LogP contribution in [0.25, 0.3) is 0 Å². The van der Waals surface area contributed by atoms with Crippen LogP contribution in [-0.2, 0) is 4.79 Å². The molecular formula is C21H19N3O3. The van der Waals surface area contributed by atoms with Crippen LogP contribution in [0.2, 0.25) is 0 Å². The third kappa shape index (κ3) is 5.34. The molecule has 0 heterocycles. The van der Waals surface area contributed by atoms with Crippen LogP contribution >= 0.6 is 0 Å². The summed E-state index contributed by atoms with van der Waals surface area (Å²) in [4.78, 5) is 23.3. The van der Waals surface area contributed by atoms with Crippen molar-refractivity contribution < 1.29 is 14.3 Å². The Balaban J connectivity index is 1.52. The molecule has 136 valence electrons. The summed E-state index contributed by atoms with van der Waals surface area (Å²) in [6.07, 6.45) is 0. The topological polar surface area (TPSA) is 93.5 Å². The molecule has 3 aromatic carbocycles. The van der Waals surface area contributed by atoms with Crippen molar-refractivity contribution in [3.05, 3.63) is 84.4 Å². The first-order chi connectivity index (χ1) is 13.1. The van der Waals surface area contributed by atoms with Gasteiger partial charge in [0.1, 0.15) is 11.5 Å². The van der Waals surface area contributed by atoms with Gasteiger partial charge in [0.25, 0.3) is 0 Å². The lowest BCUT2D eigenvalue weighted by molar-refractivity contribution is -0.114. The van der Waals surface area contributed by atoms with Gasteiger partial charge in [-0.15, -0.1) is 0 Å². The normalized spacial score (nSPS) is 10.1. The number of carbonyl (C=O) groups is 2. The summed E-state index contributed by atoms with van der Waals surface area (Å²) < 4.78 is 5.71. The van der Waals surface area contributed by atoms with Gasteiger partial charge in [-0.3, -0.25) is 9.59 Å². The Bertz CT molecular complexity index is 925. The minimum Gasteiger partial charge on any atom is -0.457 e. The molecule has 0 aliphatic heterocycles. The molecule has 0 saturated carbocycles. The minimum absolute atomic E-state index is 0.0600. The van der Waals surface area contributed by atoms with Crippen molar-refractivity contribution in [2.45, 2.75) is 0 Å². The molecule has 4 N–H and O–H groups in total. The first-order valence-corrected chi connectivity index (χ1v) is 8.37. The van der Waals surface area contributed by atoms with Crippen LogP contribution in [0.4, 0.5) is 11.4 Å². The van der Waals surface area contributed by atoms with Crippen molar-refractivity contribution in [2.75, 3.05) is 17.2 Å². The SMILES string of the molecule is NC(=O)c1cccc(NCC(=O)Nc2ccc(Oc3ccccc3)cc2)c1. The van der Waals surface area contributed by atoms with Gasteiger partial charge < -0.3 is 21.1 Å². The van der Waals surface area contributed by atoms with E-state index >= 15 is 0 Å². The number of nitrogens with two attached hydrogens (primary N) is 1. The second kappa shape index (κ2) is 8.53. The number of amides is 2. The maximum Gasteiger partial charge on any atom is 0.248 e. The van der Waals surface area contributed by atoms with Gasteiger partial charge in [0.2, 0.25) is 11.8 Å². The largest absolute Gasteiger partial charge is 0.457 e. The number of primary amides is 1. The van der Waals surface area contributed by atoms with Gasteiger partial charge >= 0.3 is 0 Å². The Morgan fingerprint density at radius 2 is 1.52 bits per heavy atom. The molecule has 6 heteroatoms. The number of rotatable bonds is 7. The fourth-order valence-corrected chi connectivity index (χ4v) is 2.40. The van der Waals surface area contributed by atoms with Crippen LogP contribution in [-0.4, -0.2) is 18.4 Å². The minimum atomic E-state index is -0.513. The zero-order valence-electron chi connectivity index (χ0n) is 14.5. The van der Waals surface area contributed by atoms with Gasteiger partial charge in [0.15, 0.2) is 0 Å². The average Bonchev–Trinajstić information content (AvgIpc) is 2.69. The second-order valence-electron chi connectivity index (χ2n) is 5.79. The van der Waals surface area contributed by atoms with E-state index in [4.69, 9.17) is 10.5 Å². The molecule has 6 nitrogen and oxygen atoms in total. The number of nitrogens with one attached hydrogen (secondary N) is 2. The van der Waals surface area contributed by atoms with Gasteiger partial charge in [-0.1, -0.05) is 24.3 Å². The predicted molar refractivity (Wildman–Crippen MR) is 105 cm³/mol. The molecule has 2 amide bonds. The molecule has 0 fully saturated rings. The average molecular weight is 361 g/mol. The van der Waals surface area contributed by atoms with Crippen LogP contribution in [0.5, 0.6) is 11.5 Å². The smallest absolute Gasteiger partial charge is 0.248 e. The number of carbonyl (C=O) groups excluding carboxylic acids is 2. The van der Waals surface area contributed by atoms with Crippen molar-refractivity contribution >= 4 is 23.2 Å². The summed E-state index contributed by atoms with van der Waals surface area (Å²) in [6, 6.07) is 23.2. The molecule has 0 aromatic heterocycles. The first kappa shape index (κ1) is 18.0. The van der Waals surface area contributed by atoms with E-state index < -0.39 is 5.91 Å². The van der Waals surface area contributed by atoms with Gasteiger partial charge in [-0.2, -0.15) is 0 Å². The van der Waals surface area contributed by atoms with E-state index in [1.807, 2.05) is 30.3 Å². The molecule has 0 atom stereocenters. The lowest BCUT2D eigenvalue weighted by Gasteiger charge is -2.10. The Morgan fingerprint density at radius 1 is 0.815 bits per heavy atom. The fourth-order valence-electron chi connectivity index (χ4n) is 2.40. The molecule has 0 spiro atoms. The molecule has 0 saturated heterocycles. The summed E-state index contributed by atoms with van der Waals surface area (Å²) in [7, 11) is 0. The number of benzene rings is 3. The van der Waals surface area contributed by atoms with E-state index in [1.165, 1.54) is 0 Å². The highest BCUT2D eigenvalue weighted by molar-refractivity contribution is 5.95. The van der Waals surface area contributed by atoms with Gasteiger partial charge in [-0.05, 0) is 54.6 Å². The quantitative estimate of drug-likeness (QED) is 0.599. The summed E-state index contributed by atoms with van der Waals surface area (Å²) >= 11 is 0. The number of hydrogen-bond donors (Lipinski definition) is 3. The van der Waals surface area contributed by atoms with E-state index in [0.29, 0.717) is 22.7 Å². The molecular weight excluding hydrogens is 342 g/mol. The molecule has 3 aromatic rings. The van der Waals surface area contributed by atoms with Crippen LogP contribution in [0, 0.1) is 0 Å². The van der Waals surface area contributed by atoms with E-state index in [0.717, 1.165) is 5.75 Å². The molecule has 0 aliphatic carbocycles. The number of anilines is 2. The van der Waals surface area contributed by atoms with E-state index in [2.05, 4.69) is 10.6 Å². The van der Waals surface area contributed by atoms with E-state index in [9.17, 15) is 9.59 Å². The number of ether oxygens (including phenoxy) is 1. The number of para-hydroxylation sites is 1. The second-order valence-corrected chi connectivity index (χ2v) is 5.79. The van der Waals surface area contributed by atoms with Crippen molar-refractivity contribution in [3.63, 3.8) is 0 Å². The number of hydrogen-bond acceptors (Lipinski definition) is 4. The molecule has 0 unspecified atom stereocenters. The Hall–Kier alpha value is -3.80. The maximum absolute atomic E-state index is 12.1. The van der Waals surface area contributed by atoms with Crippen molar-refractivity contribution in [1.82, 2.24) is 0 Å². The third-order valence-corrected chi connectivity index (χ3v) is 3.72. The highest BCUT2D eigenvalue weighted by Crippen LogP contribution is 2.22. The Morgan fingerprint density at radius 3 is 2.22 bits per heavy atom. The highest BCUT2D eigenvalue weighted by Gasteiger charge is 2.05. The molecule has 3 rings (SSSR count). The van der Waals surface area contributed by atoms with Crippen molar-refractivity contribution in [3.8, 4) is 11.5 Å². The van der Waals surface area contributed by atoms with Gasteiger partial charge in [-0.25, -0.2) is 0 Å². The zero-order chi connectivity index (χ0) is 19.1. The summed E-state index contributed by atoms with van der Waals surface area (Å²) in [5, 5.41) is 5.75. The van der Waals surface area contributed by atoms with E-state index in [-0.39, 0.29) is 12.5 Å². The summed E-state index contributed by atoms with van der Waals surface area (Å²) in [6.45, 7) is 0.0600. The summed E-state index contributed by atoms with van der Waals surface area (Å²) in [5.74, 6) is 0.703. The van der Waals surface area contributed by atoms with Crippen molar-refractivity contribution in [1.29, 1.82) is 0 Å². The standard InChI is InChI=1S/C21H19N3O3/c22-21(26)15-5-4-6-17(13-15)23-14-20(25)24-16-9-11-19(12-10-16)27-18-7-2-1-3-8-18/h1-13,23H,14H2,(H2,22,26)(H,24,25). The van der Waals surface area contributed by atoms with Crippen LogP contribution < -0.4 is 21.1 Å². The fraction of sp³-hybridized carbons (Fsp3) is 0.0476. The maximum atomic E-state index is 12.1. The monoisotopic (exact) mass is 361 g/mol. The van der Waals surface area contributed by atoms with Crippen LogP contribution in [0.1, 0.15) is 10.4 Å². The Labute approximate surface area is 157 Å². The zero-order valence-corrected chi connectivity index (χ0v) is 14.5. The first-order valence-electron chi connectivity index (χ1n) is 8.37. The third-order valence-electron chi connectivity index (χ3n) is 3.72. The molecule has 0 radical (unpaired) electrons. The van der Waals surface area contributed by atoms with Crippen molar-refractivity contribution in [2.24, 2.45) is 5.73 Å².